The Morgan fingerprint density at radius 3 is 2.27 bits per heavy atom. The predicted molar refractivity (Wildman–Crippen MR) is 135 cm³/mol. The molecule has 0 bridgehead atoms. The van der Waals surface area contributed by atoms with Crippen LogP contribution in [0.5, 0.6) is 23.0 Å². The van der Waals surface area contributed by atoms with Crippen molar-refractivity contribution in [2.24, 2.45) is 0 Å². The van der Waals surface area contributed by atoms with Crippen LogP contribution in [0.1, 0.15) is 29.0 Å². The first-order chi connectivity index (χ1) is 17.9. The monoisotopic (exact) mass is 507 g/mol. The Labute approximate surface area is 212 Å². The first-order valence-electron chi connectivity index (χ1n) is 11.4. The first-order valence-corrected chi connectivity index (χ1v) is 11.4. The number of aromatic hydroxyl groups is 1. The fourth-order valence-corrected chi connectivity index (χ4v) is 4.20. The molecule has 3 aromatic carbocycles. The molecule has 4 aromatic rings. The summed E-state index contributed by atoms with van der Waals surface area (Å²) in [5, 5.41) is 14.3. The number of halogens is 1. The number of para-hydroxylation sites is 1. The van der Waals surface area contributed by atoms with Gasteiger partial charge in [0.05, 0.1) is 32.3 Å². The van der Waals surface area contributed by atoms with Crippen molar-refractivity contribution in [2.75, 3.05) is 21.3 Å². The molecule has 37 heavy (non-hydrogen) atoms. The number of carbonyl (C=O) groups is 1. The normalized spacial score (nSPS) is 11.7. The SMILES string of the molecule is COc1cc([C@H](CC(=O)NCc2ccc(F)cc2)c2c(O)c3ccccc3oc2=O)cc(OC)c1OC. The van der Waals surface area contributed by atoms with Gasteiger partial charge in [0.25, 0.3) is 0 Å². The molecule has 0 spiro atoms. The average Bonchev–Trinajstić information content (AvgIpc) is 2.91. The van der Waals surface area contributed by atoms with Crippen LogP contribution in [0.4, 0.5) is 4.39 Å². The summed E-state index contributed by atoms with van der Waals surface area (Å²) in [4.78, 5) is 26.2. The van der Waals surface area contributed by atoms with Crippen LogP contribution in [0, 0.1) is 5.82 Å². The molecule has 0 saturated carbocycles. The largest absolute Gasteiger partial charge is 0.507 e. The number of hydrogen-bond donors (Lipinski definition) is 2. The average molecular weight is 508 g/mol. The van der Waals surface area contributed by atoms with Crippen molar-refractivity contribution in [3.8, 4) is 23.0 Å². The highest BCUT2D eigenvalue weighted by Gasteiger charge is 2.29. The molecule has 1 aromatic heterocycles. The summed E-state index contributed by atoms with van der Waals surface area (Å²) in [6, 6.07) is 15.6. The second-order valence-electron chi connectivity index (χ2n) is 8.27. The van der Waals surface area contributed by atoms with Crippen LogP contribution in [0.3, 0.4) is 0 Å². The molecular weight excluding hydrogens is 481 g/mol. The Balaban J connectivity index is 1.79. The molecule has 0 unspecified atom stereocenters. The third-order valence-electron chi connectivity index (χ3n) is 6.05. The number of amides is 1. The zero-order valence-electron chi connectivity index (χ0n) is 20.5. The topological polar surface area (TPSA) is 107 Å². The molecule has 0 radical (unpaired) electrons. The van der Waals surface area contributed by atoms with Gasteiger partial charge in [-0.3, -0.25) is 4.79 Å². The molecule has 0 saturated heterocycles. The number of rotatable bonds is 9. The Morgan fingerprint density at radius 1 is 1.00 bits per heavy atom. The quantitative estimate of drug-likeness (QED) is 0.321. The lowest BCUT2D eigenvalue weighted by molar-refractivity contribution is -0.121. The molecule has 0 aliphatic carbocycles. The van der Waals surface area contributed by atoms with Gasteiger partial charge in [-0.15, -0.1) is 0 Å². The maximum Gasteiger partial charge on any atom is 0.343 e. The second-order valence-corrected chi connectivity index (χ2v) is 8.27. The molecule has 1 atom stereocenters. The maximum atomic E-state index is 13.2. The number of carbonyl (C=O) groups excluding carboxylic acids is 1. The lowest BCUT2D eigenvalue weighted by atomic mass is 9.87. The van der Waals surface area contributed by atoms with Gasteiger partial charge in [-0.1, -0.05) is 24.3 Å². The summed E-state index contributed by atoms with van der Waals surface area (Å²) in [6.07, 6.45) is -0.212. The van der Waals surface area contributed by atoms with E-state index in [2.05, 4.69) is 5.32 Å². The Hall–Kier alpha value is -4.53. The molecular formula is C28H26FNO7. The number of fused-ring (bicyclic) bond motifs is 1. The van der Waals surface area contributed by atoms with E-state index in [1.807, 2.05) is 0 Å². The molecule has 192 valence electrons. The van der Waals surface area contributed by atoms with Gasteiger partial charge in [-0.25, -0.2) is 9.18 Å². The van der Waals surface area contributed by atoms with Gasteiger partial charge in [-0.2, -0.15) is 0 Å². The summed E-state index contributed by atoms with van der Waals surface area (Å²) in [5.41, 5.74) is 0.529. The summed E-state index contributed by atoms with van der Waals surface area (Å²) in [7, 11) is 4.37. The molecule has 9 heteroatoms. The number of ether oxygens (including phenoxy) is 3. The van der Waals surface area contributed by atoms with Crippen molar-refractivity contribution in [3.05, 3.63) is 93.6 Å². The molecule has 0 fully saturated rings. The van der Waals surface area contributed by atoms with Gasteiger partial charge in [0.2, 0.25) is 11.7 Å². The number of hydrogen-bond acceptors (Lipinski definition) is 7. The summed E-state index contributed by atoms with van der Waals surface area (Å²) in [6.45, 7) is 0.152. The minimum Gasteiger partial charge on any atom is -0.507 e. The van der Waals surface area contributed by atoms with Crippen LogP contribution in [0.15, 0.2) is 69.9 Å². The van der Waals surface area contributed by atoms with Crippen molar-refractivity contribution in [1.29, 1.82) is 0 Å². The van der Waals surface area contributed by atoms with Crippen molar-refractivity contribution < 1.29 is 32.9 Å². The van der Waals surface area contributed by atoms with Gasteiger partial charge < -0.3 is 29.1 Å². The number of nitrogens with one attached hydrogen (secondary N) is 1. The van der Waals surface area contributed by atoms with Crippen molar-refractivity contribution in [3.63, 3.8) is 0 Å². The minimum absolute atomic E-state index is 0.0788. The zero-order valence-corrected chi connectivity index (χ0v) is 20.5. The van der Waals surface area contributed by atoms with Crippen LogP contribution in [0.2, 0.25) is 0 Å². The third kappa shape index (κ3) is 5.35. The van der Waals surface area contributed by atoms with E-state index >= 15 is 0 Å². The van der Waals surface area contributed by atoms with E-state index in [1.165, 1.54) is 33.5 Å². The Morgan fingerprint density at radius 2 is 1.65 bits per heavy atom. The van der Waals surface area contributed by atoms with E-state index in [4.69, 9.17) is 18.6 Å². The molecule has 1 heterocycles. The highest BCUT2D eigenvalue weighted by Crippen LogP contribution is 2.43. The highest BCUT2D eigenvalue weighted by atomic mass is 19.1. The lowest BCUT2D eigenvalue weighted by Crippen LogP contribution is -2.26. The highest BCUT2D eigenvalue weighted by molar-refractivity contribution is 5.85. The number of methoxy groups -OCH3 is 3. The molecule has 0 aliphatic rings. The predicted octanol–water partition coefficient (Wildman–Crippen LogP) is 4.50. The lowest BCUT2D eigenvalue weighted by Gasteiger charge is -2.21. The van der Waals surface area contributed by atoms with E-state index in [1.54, 1.807) is 48.5 Å². The maximum absolute atomic E-state index is 13.2. The van der Waals surface area contributed by atoms with E-state index < -0.39 is 17.5 Å². The molecule has 4 rings (SSSR count). The van der Waals surface area contributed by atoms with Gasteiger partial charge >= 0.3 is 5.63 Å². The van der Waals surface area contributed by atoms with Crippen molar-refractivity contribution >= 4 is 16.9 Å². The summed E-state index contributed by atoms with van der Waals surface area (Å²) >= 11 is 0. The van der Waals surface area contributed by atoms with Crippen molar-refractivity contribution in [1.82, 2.24) is 5.32 Å². The standard InChI is InChI=1S/C28H26FNO7/c1-34-22-12-17(13-23(35-2)27(22)36-3)20(14-24(31)30-15-16-8-10-18(29)11-9-16)25-26(32)19-6-4-5-7-21(19)37-28(25)33/h4-13,20,32H,14-15H2,1-3H3,(H,30,31)/t20-/m0/s1. The summed E-state index contributed by atoms with van der Waals surface area (Å²) < 4.78 is 35.0. The van der Waals surface area contributed by atoms with Crippen LogP contribution in [0.25, 0.3) is 11.0 Å². The molecule has 2 N–H and O–H groups in total. The van der Waals surface area contributed by atoms with E-state index in [9.17, 15) is 19.1 Å². The first kappa shape index (κ1) is 25.6. The van der Waals surface area contributed by atoms with E-state index in [0.29, 0.717) is 33.8 Å². The minimum atomic E-state index is -0.928. The fourth-order valence-electron chi connectivity index (χ4n) is 4.20. The van der Waals surface area contributed by atoms with Gasteiger partial charge in [0.15, 0.2) is 11.5 Å². The molecule has 0 aliphatic heterocycles. The van der Waals surface area contributed by atoms with E-state index in [0.717, 1.165) is 0 Å². The molecule has 1 amide bonds. The number of benzene rings is 3. The summed E-state index contributed by atoms with van der Waals surface area (Å²) in [5.74, 6) is -1.02. The van der Waals surface area contributed by atoms with E-state index in [-0.39, 0.29) is 35.7 Å². The smallest absolute Gasteiger partial charge is 0.343 e. The van der Waals surface area contributed by atoms with Crippen LogP contribution in [-0.4, -0.2) is 32.3 Å². The van der Waals surface area contributed by atoms with Crippen molar-refractivity contribution in [2.45, 2.75) is 18.9 Å². The zero-order chi connectivity index (χ0) is 26.5. The van der Waals surface area contributed by atoms with Gasteiger partial charge in [0, 0.05) is 18.9 Å². The van der Waals surface area contributed by atoms with Gasteiger partial charge in [0.1, 0.15) is 17.1 Å². The Kier molecular flexibility index (Phi) is 7.62. The van der Waals surface area contributed by atoms with Gasteiger partial charge in [-0.05, 0) is 47.5 Å². The second kappa shape index (κ2) is 11.0. The fraction of sp³-hybridized carbons (Fsp3) is 0.214. The third-order valence-corrected chi connectivity index (χ3v) is 6.05. The van der Waals surface area contributed by atoms with Crippen LogP contribution >= 0.6 is 0 Å². The molecule has 8 nitrogen and oxygen atoms in total. The van der Waals surface area contributed by atoms with Crippen LogP contribution < -0.4 is 25.2 Å². The Bertz CT molecular complexity index is 1460. The van der Waals surface area contributed by atoms with Crippen LogP contribution in [-0.2, 0) is 11.3 Å².